The van der Waals surface area contributed by atoms with Crippen LogP contribution in [0, 0.1) is 5.82 Å². The first-order valence-corrected chi connectivity index (χ1v) is 14.0. The maximum Gasteiger partial charge on any atom is 0.278 e. The number of nitrogens with zero attached hydrogens (tertiary/aromatic N) is 8. The Morgan fingerprint density at radius 3 is 2.69 bits per heavy atom. The summed E-state index contributed by atoms with van der Waals surface area (Å²) in [5.41, 5.74) is 1.11. The highest BCUT2D eigenvalue weighted by molar-refractivity contribution is 5.96. The van der Waals surface area contributed by atoms with E-state index in [1.165, 1.54) is 16.9 Å². The molecule has 42 heavy (non-hydrogen) atoms. The Morgan fingerprint density at radius 1 is 1.00 bits per heavy atom. The second-order valence-electron chi connectivity index (χ2n) is 10.7. The van der Waals surface area contributed by atoms with Crippen LogP contribution >= 0.6 is 0 Å². The van der Waals surface area contributed by atoms with Gasteiger partial charge in [0.25, 0.3) is 11.5 Å². The summed E-state index contributed by atoms with van der Waals surface area (Å²) in [4.78, 5) is 45.9. The molecule has 7 rings (SSSR count). The molecule has 2 bridgehead atoms. The van der Waals surface area contributed by atoms with Crippen LogP contribution in [0.4, 0.5) is 27.5 Å². The quantitative estimate of drug-likeness (QED) is 0.371. The lowest BCUT2D eigenvalue weighted by molar-refractivity contribution is -0.121. The molecular formula is C29H30FN9O3. The zero-order valence-corrected chi connectivity index (χ0v) is 23.2. The molecule has 12 nitrogen and oxygen atoms in total. The van der Waals surface area contributed by atoms with Crippen molar-refractivity contribution in [1.29, 1.82) is 0 Å². The molecule has 0 saturated carbocycles. The SMILES string of the molecule is CN1CCN(c2ccc(Nc3ncc4c(=O)n5n(c4n3)-c3ccc4c(n3)N(CCC/C=C\C5)C(=O)CO4)cc2F)CC1. The molecule has 0 unspecified atom stereocenters. The number of carbonyl (C=O) groups is 1. The summed E-state index contributed by atoms with van der Waals surface area (Å²) in [7, 11) is 2.06. The molecule has 216 valence electrons. The van der Waals surface area contributed by atoms with E-state index in [4.69, 9.17) is 9.72 Å². The van der Waals surface area contributed by atoms with Gasteiger partial charge in [-0.1, -0.05) is 12.2 Å². The van der Waals surface area contributed by atoms with Crippen molar-refractivity contribution in [3.8, 4) is 11.6 Å². The number of pyridine rings is 1. The van der Waals surface area contributed by atoms with Crippen molar-refractivity contribution >= 4 is 40.1 Å². The maximum atomic E-state index is 15.1. The van der Waals surface area contributed by atoms with E-state index in [2.05, 4.69) is 27.2 Å². The van der Waals surface area contributed by atoms with Crippen molar-refractivity contribution in [2.45, 2.75) is 19.4 Å². The molecule has 1 amide bonds. The highest BCUT2D eigenvalue weighted by Crippen LogP contribution is 2.32. The first-order valence-electron chi connectivity index (χ1n) is 14.0. The summed E-state index contributed by atoms with van der Waals surface area (Å²) in [6, 6.07) is 8.47. The standard InChI is InChI=1S/C29H30FN9O3/c1-35-12-14-36(15-13-35)22-7-6-19(16-21(22)30)32-29-31-17-20-26(34-29)39-24-9-8-23-27(33-24)37(25(40)18-42-23)10-4-2-3-5-11-38(39)28(20)41/h3,5-9,16-17H,2,4,10-15,18H2,1H3,(H,31,32,34)/b5-3-. The van der Waals surface area contributed by atoms with E-state index in [-0.39, 0.29) is 29.8 Å². The normalized spacial score (nSPS) is 18.2. The van der Waals surface area contributed by atoms with Crippen LogP contribution in [0.1, 0.15) is 12.8 Å². The number of ether oxygens (including phenoxy) is 1. The molecule has 1 N–H and O–H groups in total. The summed E-state index contributed by atoms with van der Waals surface area (Å²) in [6.07, 6.45) is 6.89. The third-order valence-electron chi connectivity index (χ3n) is 7.87. The molecule has 3 aromatic heterocycles. The number of likely N-dealkylation sites (N-methyl/N-ethyl adjacent to an activating group) is 1. The van der Waals surface area contributed by atoms with Gasteiger partial charge in [-0.3, -0.25) is 14.5 Å². The number of hydrogen-bond acceptors (Lipinski definition) is 9. The van der Waals surface area contributed by atoms with Gasteiger partial charge in [-0.25, -0.2) is 23.7 Å². The Balaban J connectivity index is 1.28. The number of anilines is 4. The number of fused-ring (bicyclic) bond motifs is 5. The van der Waals surface area contributed by atoms with Crippen LogP contribution in [0.2, 0.25) is 0 Å². The van der Waals surface area contributed by atoms with Crippen molar-refractivity contribution in [2.75, 3.05) is 61.5 Å². The number of allylic oxidation sites excluding steroid dienone is 2. The van der Waals surface area contributed by atoms with E-state index in [9.17, 15) is 9.59 Å². The number of rotatable bonds is 3. The zero-order valence-electron chi connectivity index (χ0n) is 23.2. The second kappa shape index (κ2) is 10.6. The van der Waals surface area contributed by atoms with Crippen LogP contribution in [0.3, 0.4) is 0 Å². The fraction of sp³-hybridized carbons (Fsp3) is 0.345. The van der Waals surface area contributed by atoms with Gasteiger partial charge in [-0.2, -0.15) is 4.98 Å². The van der Waals surface area contributed by atoms with Crippen molar-refractivity contribution in [2.24, 2.45) is 0 Å². The zero-order chi connectivity index (χ0) is 28.8. The molecule has 0 radical (unpaired) electrons. The molecule has 0 atom stereocenters. The summed E-state index contributed by atoms with van der Waals surface area (Å²) in [5.74, 6) is 1.04. The van der Waals surface area contributed by atoms with Crippen molar-refractivity contribution in [3.05, 3.63) is 64.9 Å². The number of halogens is 1. The Hall–Kier alpha value is -4.78. The number of carbonyl (C=O) groups excluding carboxylic acids is 1. The Bertz CT molecular complexity index is 1770. The van der Waals surface area contributed by atoms with Crippen LogP contribution < -0.4 is 25.4 Å². The fourth-order valence-electron chi connectivity index (χ4n) is 5.58. The molecule has 0 aliphatic carbocycles. The lowest BCUT2D eigenvalue weighted by Crippen LogP contribution is -2.44. The fourth-order valence-corrected chi connectivity index (χ4v) is 5.58. The minimum absolute atomic E-state index is 0.0414. The van der Waals surface area contributed by atoms with E-state index in [1.807, 2.05) is 17.1 Å². The van der Waals surface area contributed by atoms with Gasteiger partial charge in [-0.05, 0) is 50.2 Å². The Kier molecular flexibility index (Phi) is 6.57. The first-order chi connectivity index (χ1) is 20.5. The van der Waals surface area contributed by atoms with E-state index >= 15 is 4.39 Å². The van der Waals surface area contributed by atoms with Crippen molar-refractivity contribution in [3.63, 3.8) is 0 Å². The topological polar surface area (TPSA) is 114 Å². The predicted octanol–water partition coefficient (Wildman–Crippen LogP) is 2.69. The number of nitrogens with one attached hydrogen (secondary N) is 1. The van der Waals surface area contributed by atoms with Gasteiger partial charge in [-0.15, -0.1) is 0 Å². The van der Waals surface area contributed by atoms with Gasteiger partial charge in [0.05, 0.1) is 12.2 Å². The van der Waals surface area contributed by atoms with Crippen LogP contribution in [-0.4, -0.2) is 81.5 Å². The lowest BCUT2D eigenvalue weighted by Gasteiger charge is -2.34. The highest BCUT2D eigenvalue weighted by Gasteiger charge is 2.28. The summed E-state index contributed by atoms with van der Waals surface area (Å²) < 4.78 is 23.9. The summed E-state index contributed by atoms with van der Waals surface area (Å²) in [6.45, 7) is 4.05. The molecule has 0 spiro atoms. The molecule has 4 aromatic rings. The smallest absolute Gasteiger partial charge is 0.278 e. The molecular weight excluding hydrogens is 541 g/mol. The van der Waals surface area contributed by atoms with Gasteiger partial charge in [0, 0.05) is 44.6 Å². The monoisotopic (exact) mass is 571 g/mol. The van der Waals surface area contributed by atoms with Crippen molar-refractivity contribution < 1.29 is 13.9 Å². The van der Waals surface area contributed by atoms with E-state index < -0.39 is 0 Å². The number of aromatic nitrogens is 5. The summed E-state index contributed by atoms with van der Waals surface area (Å²) in [5, 5.41) is 3.39. The van der Waals surface area contributed by atoms with Crippen LogP contribution in [0.5, 0.6) is 5.75 Å². The number of hydrogen-bond donors (Lipinski definition) is 1. The van der Waals surface area contributed by atoms with Gasteiger partial charge < -0.3 is 19.9 Å². The van der Waals surface area contributed by atoms with Crippen LogP contribution in [0.15, 0.2) is 53.5 Å². The number of amides is 1. The number of piperazine rings is 1. The van der Waals surface area contributed by atoms with Gasteiger partial charge in [0.1, 0.15) is 11.2 Å². The highest BCUT2D eigenvalue weighted by atomic mass is 19.1. The molecule has 1 saturated heterocycles. The molecule has 1 aromatic carbocycles. The van der Waals surface area contributed by atoms with Gasteiger partial charge >= 0.3 is 0 Å². The average molecular weight is 572 g/mol. The van der Waals surface area contributed by atoms with Crippen LogP contribution in [-0.2, 0) is 11.3 Å². The van der Waals surface area contributed by atoms with Crippen molar-refractivity contribution in [1.82, 2.24) is 29.2 Å². The molecule has 1 fully saturated rings. The largest absolute Gasteiger partial charge is 0.480 e. The third-order valence-corrected chi connectivity index (χ3v) is 7.87. The molecule has 3 aliphatic rings. The lowest BCUT2D eigenvalue weighted by atomic mass is 10.2. The second-order valence-corrected chi connectivity index (χ2v) is 10.7. The molecule has 3 aliphatic heterocycles. The molecule has 6 heterocycles. The Labute approximate surface area is 240 Å². The van der Waals surface area contributed by atoms with E-state index in [1.54, 1.807) is 33.8 Å². The minimum atomic E-state index is -0.332. The van der Waals surface area contributed by atoms with Gasteiger partial charge in [0.2, 0.25) is 5.95 Å². The predicted molar refractivity (Wildman–Crippen MR) is 157 cm³/mol. The Morgan fingerprint density at radius 2 is 1.86 bits per heavy atom. The average Bonchev–Trinajstić information content (AvgIpc) is 3.26. The maximum absolute atomic E-state index is 15.1. The minimum Gasteiger partial charge on any atom is -0.480 e. The molecule has 13 heteroatoms. The van der Waals surface area contributed by atoms with E-state index in [0.717, 1.165) is 39.0 Å². The van der Waals surface area contributed by atoms with E-state index in [0.29, 0.717) is 52.9 Å². The van der Waals surface area contributed by atoms with Gasteiger partial charge in [0.15, 0.2) is 29.6 Å². The van der Waals surface area contributed by atoms with Crippen LogP contribution in [0.25, 0.3) is 16.9 Å². The third kappa shape index (κ3) is 4.65. The summed E-state index contributed by atoms with van der Waals surface area (Å²) >= 11 is 0. The number of benzene rings is 1. The first kappa shape index (κ1) is 26.1.